The fourth-order valence-electron chi connectivity index (χ4n) is 4.48. The monoisotopic (exact) mass is 587 g/mol. The number of carboxylic acid groups (broad SMARTS) is 1. The van der Waals surface area contributed by atoms with Gasteiger partial charge in [-0.1, -0.05) is 32.0 Å². The van der Waals surface area contributed by atoms with Gasteiger partial charge in [0.15, 0.2) is 5.96 Å². The summed E-state index contributed by atoms with van der Waals surface area (Å²) in [4.78, 5) is 58.4. The lowest BCUT2D eigenvalue weighted by Gasteiger charge is -2.27. The quantitative estimate of drug-likeness (QED) is 0.0613. The third-order valence-electron chi connectivity index (χ3n) is 6.84. The molecule has 0 saturated heterocycles. The van der Waals surface area contributed by atoms with Crippen molar-refractivity contribution in [3.05, 3.63) is 36.0 Å². The molecule has 232 valence electrons. The molecule has 0 saturated carbocycles. The number of nitrogens with two attached hydrogens (primary N) is 4. The molecule has 42 heavy (non-hydrogen) atoms. The van der Waals surface area contributed by atoms with E-state index in [1.165, 1.54) is 0 Å². The van der Waals surface area contributed by atoms with Crippen molar-refractivity contribution >= 4 is 40.6 Å². The number of carbonyl (C=O) groups excluding carboxylic acids is 3. The molecule has 0 aliphatic carbocycles. The first-order chi connectivity index (χ1) is 19.9. The number of rotatable bonds is 18. The lowest BCUT2D eigenvalue weighted by molar-refractivity contribution is -0.142. The average Bonchev–Trinajstić information content (AvgIpc) is 3.34. The molecule has 14 heteroatoms. The van der Waals surface area contributed by atoms with Crippen LogP contribution in [0.3, 0.4) is 0 Å². The Labute approximate surface area is 245 Å². The molecular formula is C28H45N9O5. The van der Waals surface area contributed by atoms with Gasteiger partial charge in [-0.2, -0.15) is 0 Å². The van der Waals surface area contributed by atoms with E-state index in [4.69, 9.17) is 22.9 Å². The number of amides is 3. The van der Waals surface area contributed by atoms with Gasteiger partial charge < -0.3 is 49.0 Å². The number of benzene rings is 1. The molecule has 1 aromatic heterocycles. The molecule has 0 radical (unpaired) electrons. The molecule has 0 aliphatic rings. The number of hydrogen-bond acceptors (Lipinski definition) is 7. The van der Waals surface area contributed by atoms with E-state index in [-0.39, 0.29) is 37.7 Å². The van der Waals surface area contributed by atoms with E-state index in [2.05, 4.69) is 25.9 Å². The zero-order valence-corrected chi connectivity index (χ0v) is 24.3. The van der Waals surface area contributed by atoms with E-state index in [1.807, 2.05) is 24.3 Å². The van der Waals surface area contributed by atoms with Gasteiger partial charge in [0.25, 0.3) is 0 Å². The number of carbonyl (C=O) groups is 4. The van der Waals surface area contributed by atoms with Gasteiger partial charge in [-0.15, -0.1) is 0 Å². The van der Waals surface area contributed by atoms with Crippen LogP contribution in [-0.2, 0) is 25.6 Å². The van der Waals surface area contributed by atoms with Crippen LogP contribution in [0.1, 0.15) is 51.5 Å². The zero-order valence-electron chi connectivity index (χ0n) is 24.3. The molecular weight excluding hydrogens is 542 g/mol. The van der Waals surface area contributed by atoms with Crippen LogP contribution in [0.2, 0.25) is 0 Å². The fraction of sp³-hybridized carbons (Fsp3) is 0.536. The summed E-state index contributed by atoms with van der Waals surface area (Å²) in [6.45, 7) is 4.11. The Kier molecular flexibility index (Phi) is 13.7. The summed E-state index contributed by atoms with van der Waals surface area (Å²) < 4.78 is 0. The second-order valence-corrected chi connectivity index (χ2v) is 10.6. The molecule has 13 N–H and O–H groups in total. The van der Waals surface area contributed by atoms with Crippen LogP contribution in [0, 0.1) is 5.92 Å². The summed E-state index contributed by atoms with van der Waals surface area (Å²) in [6.07, 6.45) is 3.81. The molecule has 14 nitrogen and oxygen atoms in total. The van der Waals surface area contributed by atoms with E-state index >= 15 is 0 Å². The third kappa shape index (κ3) is 10.7. The number of nitrogens with one attached hydrogen (secondary N) is 4. The first kappa shape index (κ1) is 34.0. The van der Waals surface area contributed by atoms with Gasteiger partial charge in [0.1, 0.15) is 18.1 Å². The van der Waals surface area contributed by atoms with Crippen molar-refractivity contribution in [2.45, 2.75) is 76.5 Å². The molecule has 0 fully saturated rings. The Morgan fingerprint density at radius 3 is 2.24 bits per heavy atom. The van der Waals surface area contributed by atoms with Gasteiger partial charge in [-0.05, 0) is 62.6 Å². The Morgan fingerprint density at radius 1 is 0.929 bits per heavy atom. The number of aliphatic imine (C=N–C) groups is 1. The van der Waals surface area contributed by atoms with E-state index < -0.39 is 47.9 Å². The summed E-state index contributed by atoms with van der Waals surface area (Å²) in [6, 6.07) is 3.48. The van der Waals surface area contributed by atoms with Gasteiger partial charge >= 0.3 is 5.97 Å². The highest BCUT2D eigenvalue weighted by Gasteiger charge is 2.31. The van der Waals surface area contributed by atoms with Crippen LogP contribution in [0.25, 0.3) is 10.9 Å². The molecule has 4 unspecified atom stereocenters. The highest BCUT2D eigenvalue weighted by atomic mass is 16.4. The Bertz CT molecular complexity index is 1230. The molecule has 2 aromatic rings. The standard InChI is InChI=1S/C28H45N9O5/c1-16(2)23(37-24(38)19(30)14-17-15-34-20-9-4-3-8-18(17)20)26(40)35-21(11-7-13-33-28(31)32)25(39)36-22(27(41)42)10-5-6-12-29/h3-4,8-9,15-16,19,21-23,34H,5-7,10-14,29-30H2,1-2H3,(H,35,40)(H,36,39)(H,37,38)(H,41,42)(H4,31,32,33). The number of aromatic amines is 1. The molecule has 3 amide bonds. The maximum Gasteiger partial charge on any atom is 0.326 e. The van der Waals surface area contributed by atoms with Crippen molar-refractivity contribution in [1.82, 2.24) is 20.9 Å². The minimum absolute atomic E-state index is 0.113. The topological polar surface area (TPSA) is 257 Å². The average molecular weight is 588 g/mol. The normalized spacial score (nSPS) is 14.0. The van der Waals surface area contributed by atoms with Crippen LogP contribution in [-0.4, -0.2) is 77.0 Å². The summed E-state index contributed by atoms with van der Waals surface area (Å²) in [5.74, 6) is -3.44. The molecule has 0 spiro atoms. The number of aromatic nitrogens is 1. The van der Waals surface area contributed by atoms with E-state index in [9.17, 15) is 24.3 Å². The molecule has 4 atom stereocenters. The minimum atomic E-state index is -1.19. The second-order valence-electron chi connectivity index (χ2n) is 10.6. The van der Waals surface area contributed by atoms with Crippen molar-refractivity contribution < 1.29 is 24.3 Å². The van der Waals surface area contributed by atoms with E-state index in [0.29, 0.717) is 25.8 Å². The fourth-order valence-corrected chi connectivity index (χ4v) is 4.48. The summed E-state index contributed by atoms with van der Waals surface area (Å²) in [5.41, 5.74) is 24.3. The van der Waals surface area contributed by atoms with E-state index in [1.54, 1.807) is 20.0 Å². The summed E-state index contributed by atoms with van der Waals surface area (Å²) in [7, 11) is 0. The maximum atomic E-state index is 13.4. The Balaban J connectivity index is 2.12. The molecule has 0 bridgehead atoms. The number of guanidine groups is 1. The maximum absolute atomic E-state index is 13.4. The number of aliphatic carboxylic acids is 1. The van der Waals surface area contributed by atoms with Gasteiger partial charge in [0.2, 0.25) is 17.7 Å². The van der Waals surface area contributed by atoms with Crippen molar-refractivity contribution in [2.24, 2.45) is 33.8 Å². The van der Waals surface area contributed by atoms with Crippen LogP contribution in [0.15, 0.2) is 35.5 Å². The lowest BCUT2D eigenvalue weighted by atomic mass is 10.00. The van der Waals surface area contributed by atoms with Crippen molar-refractivity contribution in [3.8, 4) is 0 Å². The number of unbranched alkanes of at least 4 members (excludes halogenated alkanes) is 1. The first-order valence-corrected chi connectivity index (χ1v) is 14.1. The van der Waals surface area contributed by atoms with Crippen molar-refractivity contribution in [1.29, 1.82) is 0 Å². The minimum Gasteiger partial charge on any atom is -0.480 e. The molecule has 1 heterocycles. The first-order valence-electron chi connectivity index (χ1n) is 14.1. The number of nitrogens with zero attached hydrogens (tertiary/aromatic N) is 1. The summed E-state index contributed by atoms with van der Waals surface area (Å²) in [5, 5.41) is 18.4. The number of hydrogen-bond donors (Lipinski definition) is 9. The van der Waals surface area contributed by atoms with Gasteiger partial charge in [0.05, 0.1) is 6.04 Å². The zero-order chi connectivity index (χ0) is 31.2. The molecule has 2 rings (SSSR count). The third-order valence-corrected chi connectivity index (χ3v) is 6.84. The van der Waals surface area contributed by atoms with Crippen LogP contribution < -0.4 is 38.9 Å². The SMILES string of the molecule is CC(C)C(NC(=O)C(N)Cc1c[nH]c2ccccc12)C(=O)NC(CCCN=C(N)N)C(=O)NC(CCCCN)C(=O)O. The largest absolute Gasteiger partial charge is 0.480 e. The predicted molar refractivity (Wildman–Crippen MR) is 161 cm³/mol. The Hall–Kier alpha value is -4.17. The number of H-pyrrole nitrogens is 1. The highest BCUT2D eigenvalue weighted by molar-refractivity contribution is 5.94. The van der Waals surface area contributed by atoms with Gasteiger partial charge in [0, 0.05) is 23.6 Å². The van der Waals surface area contributed by atoms with Crippen LogP contribution in [0.5, 0.6) is 0 Å². The second kappa shape index (κ2) is 16.9. The Morgan fingerprint density at radius 2 is 1.60 bits per heavy atom. The lowest BCUT2D eigenvalue weighted by Crippen LogP contribution is -2.58. The number of carboxylic acids is 1. The van der Waals surface area contributed by atoms with Crippen molar-refractivity contribution in [2.75, 3.05) is 13.1 Å². The van der Waals surface area contributed by atoms with Gasteiger partial charge in [-0.25, -0.2) is 4.79 Å². The smallest absolute Gasteiger partial charge is 0.326 e. The van der Waals surface area contributed by atoms with Gasteiger partial charge in [-0.3, -0.25) is 19.4 Å². The summed E-state index contributed by atoms with van der Waals surface area (Å²) >= 11 is 0. The highest BCUT2D eigenvalue weighted by Crippen LogP contribution is 2.19. The van der Waals surface area contributed by atoms with E-state index in [0.717, 1.165) is 16.5 Å². The molecule has 1 aromatic carbocycles. The number of para-hydroxylation sites is 1. The molecule has 0 aliphatic heterocycles. The van der Waals surface area contributed by atoms with Crippen molar-refractivity contribution in [3.63, 3.8) is 0 Å². The van der Waals surface area contributed by atoms with Crippen LogP contribution >= 0.6 is 0 Å². The predicted octanol–water partition coefficient (Wildman–Crippen LogP) is -0.585. The number of fused-ring (bicyclic) bond motifs is 1. The van der Waals surface area contributed by atoms with Crippen LogP contribution in [0.4, 0.5) is 0 Å².